The van der Waals surface area contributed by atoms with E-state index in [1.807, 2.05) is 11.4 Å². The van der Waals surface area contributed by atoms with Crippen LogP contribution in [0.1, 0.15) is 39.9 Å². The lowest BCUT2D eigenvalue weighted by Crippen LogP contribution is -2.38. The van der Waals surface area contributed by atoms with E-state index in [0.29, 0.717) is 36.4 Å². The Kier molecular flexibility index (Phi) is 5.20. The Morgan fingerprint density at radius 1 is 1.14 bits per heavy atom. The van der Waals surface area contributed by atoms with Crippen LogP contribution < -0.4 is 0 Å². The molecule has 4 heterocycles. The minimum atomic E-state index is -4.53. The van der Waals surface area contributed by atoms with Gasteiger partial charge in [-0.2, -0.15) is 24.5 Å². The molecule has 1 saturated heterocycles. The first-order chi connectivity index (χ1) is 13.4. The summed E-state index contributed by atoms with van der Waals surface area (Å²) < 4.78 is 40.0. The second-order valence-electron chi connectivity index (χ2n) is 6.55. The van der Waals surface area contributed by atoms with Crippen molar-refractivity contribution in [3.8, 4) is 11.3 Å². The van der Waals surface area contributed by atoms with Crippen LogP contribution in [0.25, 0.3) is 11.3 Å². The number of likely N-dealkylation sites (tertiary alicyclic amines) is 1. The van der Waals surface area contributed by atoms with Crippen LogP contribution >= 0.6 is 22.7 Å². The van der Waals surface area contributed by atoms with Crippen molar-refractivity contribution in [3.05, 3.63) is 56.8 Å². The number of alkyl halides is 3. The summed E-state index contributed by atoms with van der Waals surface area (Å²) in [4.78, 5) is 23.1. The van der Waals surface area contributed by atoms with Gasteiger partial charge in [-0.25, -0.2) is 9.97 Å². The lowest BCUT2D eigenvalue weighted by atomic mass is 9.95. The van der Waals surface area contributed by atoms with Crippen molar-refractivity contribution >= 4 is 28.6 Å². The number of hydrogen-bond donors (Lipinski definition) is 0. The van der Waals surface area contributed by atoms with E-state index in [-0.39, 0.29) is 23.3 Å². The van der Waals surface area contributed by atoms with Gasteiger partial charge in [-0.3, -0.25) is 4.79 Å². The third-order valence-electron chi connectivity index (χ3n) is 4.73. The smallest absolute Gasteiger partial charge is 0.338 e. The van der Waals surface area contributed by atoms with E-state index >= 15 is 0 Å². The van der Waals surface area contributed by atoms with Crippen molar-refractivity contribution < 1.29 is 18.0 Å². The van der Waals surface area contributed by atoms with Crippen LogP contribution in [0, 0.1) is 0 Å². The van der Waals surface area contributed by atoms with E-state index in [1.165, 1.54) is 22.7 Å². The van der Waals surface area contributed by atoms with Gasteiger partial charge in [0.05, 0.1) is 10.6 Å². The van der Waals surface area contributed by atoms with Gasteiger partial charge < -0.3 is 4.90 Å². The highest BCUT2D eigenvalue weighted by Crippen LogP contribution is 2.34. The summed E-state index contributed by atoms with van der Waals surface area (Å²) in [6.45, 7) is 0.962. The summed E-state index contributed by atoms with van der Waals surface area (Å²) in [5, 5.41) is 5.43. The molecule has 0 aromatic carbocycles. The van der Waals surface area contributed by atoms with Gasteiger partial charge in [0, 0.05) is 30.0 Å². The highest BCUT2D eigenvalue weighted by molar-refractivity contribution is 7.12. The predicted octanol–water partition coefficient (Wildman–Crippen LogP) is 5.31. The fraction of sp³-hybridized carbons (Fsp3) is 0.316. The van der Waals surface area contributed by atoms with Gasteiger partial charge in [-0.15, -0.1) is 11.3 Å². The number of hydrogen-bond acceptors (Lipinski definition) is 5. The van der Waals surface area contributed by atoms with Crippen molar-refractivity contribution in [1.29, 1.82) is 0 Å². The van der Waals surface area contributed by atoms with Crippen LogP contribution in [0.2, 0.25) is 0 Å². The molecule has 1 aliphatic heterocycles. The molecule has 146 valence electrons. The van der Waals surface area contributed by atoms with Crippen molar-refractivity contribution in [2.24, 2.45) is 0 Å². The molecule has 1 aliphatic rings. The Labute approximate surface area is 167 Å². The first kappa shape index (κ1) is 19.1. The van der Waals surface area contributed by atoms with Gasteiger partial charge in [-0.1, -0.05) is 6.07 Å². The fourth-order valence-electron chi connectivity index (χ4n) is 3.25. The molecule has 0 atom stereocenters. The number of piperidine rings is 1. The first-order valence-electron chi connectivity index (χ1n) is 8.73. The summed E-state index contributed by atoms with van der Waals surface area (Å²) >= 11 is 2.79. The van der Waals surface area contributed by atoms with Gasteiger partial charge in [0.1, 0.15) is 11.5 Å². The molecule has 1 fully saturated rings. The fourth-order valence-corrected chi connectivity index (χ4v) is 4.59. The van der Waals surface area contributed by atoms with Gasteiger partial charge in [0.25, 0.3) is 5.91 Å². The largest absolute Gasteiger partial charge is 0.433 e. The lowest BCUT2D eigenvalue weighted by molar-refractivity contribution is -0.141. The number of thiophene rings is 2. The lowest BCUT2D eigenvalue weighted by Gasteiger charge is -2.31. The molecule has 0 saturated carbocycles. The van der Waals surface area contributed by atoms with E-state index < -0.39 is 11.9 Å². The Bertz CT molecular complexity index is 947. The van der Waals surface area contributed by atoms with E-state index in [1.54, 1.807) is 27.8 Å². The Morgan fingerprint density at radius 2 is 1.93 bits per heavy atom. The monoisotopic (exact) mass is 423 g/mol. The first-order valence-corrected chi connectivity index (χ1v) is 10.6. The molecule has 3 aromatic heterocycles. The summed E-state index contributed by atoms with van der Waals surface area (Å²) in [7, 11) is 0. The molecular formula is C19H16F3N3OS2. The van der Waals surface area contributed by atoms with E-state index in [0.717, 1.165) is 6.07 Å². The van der Waals surface area contributed by atoms with Crippen molar-refractivity contribution in [2.45, 2.75) is 24.9 Å². The van der Waals surface area contributed by atoms with Crippen LogP contribution in [-0.2, 0) is 6.18 Å². The summed E-state index contributed by atoms with van der Waals surface area (Å²) in [5.74, 6) is -0.0244. The molecule has 0 bridgehead atoms. The zero-order chi connectivity index (χ0) is 19.7. The number of halogens is 3. The Balaban J connectivity index is 1.56. The summed E-state index contributed by atoms with van der Waals surface area (Å²) in [5.41, 5.74) is 0.0240. The zero-order valence-corrected chi connectivity index (χ0v) is 16.3. The predicted molar refractivity (Wildman–Crippen MR) is 103 cm³/mol. The quantitative estimate of drug-likeness (QED) is 0.574. The van der Waals surface area contributed by atoms with Crippen LogP contribution in [0.4, 0.5) is 13.2 Å². The summed E-state index contributed by atoms with van der Waals surface area (Å²) in [6, 6.07) is 6.36. The maximum absolute atomic E-state index is 13.3. The minimum absolute atomic E-state index is 0.0302. The van der Waals surface area contributed by atoms with E-state index in [4.69, 9.17) is 0 Å². The Hall–Kier alpha value is -2.26. The SMILES string of the molecule is O=C(c1cccs1)N1CCC(c2nc(-c3ccsc3)cc(C(F)(F)F)n2)CC1. The molecule has 0 spiro atoms. The van der Waals surface area contributed by atoms with Crippen LogP contribution in [0.3, 0.4) is 0 Å². The average molecular weight is 423 g/mol. The van der Waals surface area contributed by atoms with Crippen molar-refractivity contribution in [1.82, 2.24) is 14.9 Å². The van der Waals surface area contributed by atoms with Crippen LogP contribution in [0.15, 0.2) is 40.4 Å². The molecule has 9 heteroatoms. The number of carbonyl (C=O) groups excluding carboxylic acids is 1. The Morgan fingerprint density at radius 3 is 2.54 bits per heavy atom. The standard InChI is InChI=1S/C19H16F3N3OS2/c20-19(21,22)16-10-14(13-5-9-27-11-13)23-17(24-16)12-3-6-25(7-4-12)18(26)15-2-1-8-28-15/h1-2,5,8-12H,3-4,6-7H2. The second kappa shape index (κ2) is 7.63. The summed E-state index contributed by atoms with van der Waals surface area (Å²) in [6.07, 6.45) is -3.44. The topological polar surface area (TPSA) is 46.1 Å². The number of aromatic nitrogens is 2. The molecule has 0 unspecified atom stereocenters. The van der Waals surface area contributed by atoms with Crippen LogP contribution in [0.5, 0.6) is 0 Å². The molecule has 4 nitrogen and oxygen atoms in total. The maximum Gasteiger partial charge on any atom is 0.433 e. The highest BCUT2D eigenvalue weighted by atomic mass is 32.1. The van der Waals surface area contributed by atoms with Gasteiger partial charge in [-0.05, 0) is 41.8 Å². The number of rotatable bonds is 3. The molecule has 0 radical (unpaired) electrons. The molecule has 28 heavy (non-hydrogen) atoms. The van der Waals surface area contributed by atoms with E-state index in [2.05, 4.69) is 9.97 Å². The van der Waals surface area contributed by atoms with Gasteiger partial charge >= 0.3 is 6.18 Å². The third kappa shape index (κ3) is 3.95. The number of nitrogens with zero attached hydrogens (tertiary/aromatic N) is 3. The van der Waals surface area contributed by atoms with Gasteiger partial charge in [0.15, 0.2) is 0 Å². The number of amides is 1. The molecule has 4 rings (SSSR count). The molecule has 1 amide bonds. The zero-order valence-electron chi connectivity index (χ0n) is 14.6. The molecule has 3 aromatic rings. The molecular weight excluding hydrogens is 407 g/mol. The van der Waals surface area contributed by atoms with Crippen molar-refractivity contribution in [2.75, 3.05) is 13.1 Å². The third-order valence-corrected chi connectivity index (χ3v) is 6.27. The number of carbonyl (C=O) groups is 1. The maximum atomic E-state index is 13.3. The van der Waals surface area contributed by atoms with Crippen LogP contribution in [-0.4, -0.2) is 33.9 Å². The molecule has 0 aliphatic carbocycles. The van der Waals surface area contributed by atoms with Gasteiger partial charge in [0.2, 0.25) is 0 Å². The average Bonchev–Trinajstić information content (AvgIpc) is 3.40. The second-order valence-corrected chi connectivity index (χ2v) is 8.28. The normalized spacial score (nSPS) is 15.8. The minimum Gasteiger partial charge on any atom is -0.338 e. The van der Waals surface area contributed by atoms with Crippen molar-refractivity contribution in [3.63, 3.8) is 0 Å². The molecule has 0 N–H and O–H groups in total. The highest BCUT2D eigenvalue weighted by Gasteiger charge is 2.35. The van der Waals surface area contributed by atoms with E-state index in [9.17, 15) is 18.0 Å².